The second-order valence-electron chi connectivity index (χ2n) is 6.28. The smallest absolute Gasteiger partial charge is 0.244 e. The highest BCUT2D eigenvalue weighted by Crippen LogP contribution is 2.26. The first-order valence-electron chi connectivity index (χ1n) is 7.87. The lowest BCUT2D eigenvalue weighted by molar-refractivity contribution is -0.126. The van der Waals surface area contributed by atoms with Crippen molar-refractivity contribution >= 4 is 17.5 Å². The van der Waals surface area contributed by atoms with Crippen LogP contribution in [0.4, 0.5) is 0 Å². The first kappa shape index (κ1) is 18.5. The van der Waals surface area contributed by atoms with Gasteiger partial charge in [0.1, 0.15) is 5.54 Å². The van der Waals surface area contributed by atoms with Crippen molar-refractivity contribution in [3.8, 4) is 0 Å². The van der Waals surface area contributed by atoms with Gasteiger partial charge in [-0.3, -0.25) is 4.79 Å². The minimum absolute atomic E-state index is 0.0331. The standard InChI is InChI=1S/C19H24ClN3O/c1-19(21,14-9-5-4-6-10-14)18(24)22-13-17(23(2)3)15-11-7-8-12-16(15)20/h4-12,17H,13,21H2,1-3H3,(H,22,24). The number of rotatable bonds is 6. The minimum atomic E-state index is -1.08. The van der Waals surface area contributed by atoms with E-state index in [1.54, 1.807) is 6.92 Å². The van der Waals surface area contributed by atoms with Crippen LogP contribution in [0.1, 0.15) is 24.1 Å². The average Bonchev–Trinajstić information content (AvgIpc) is 2.57. The van der Waals surface area contributed by atoms with Crippen LogP contribution in [0.5, 0.6) is 0 Å². The quantitative estimate of drug-likeness (QED) is 0.846. The molecule has 0 heterocycles. The van der Waals surface area contributed by atoms with Crippen LogP contribution in [0.25, 0.3) is 0 Å². The Morgan fingerprint density at radius 3 is 2.33 bits per heavy atom. The molecule has 1 amide bonds. The molecule has 0 saturated heterocycles. The summed E-state index contributed by atoms with van der Waals surface area (Å²) in [5, 5.41) is 3.65. The maximum Gasteiger partial charge on any atom is 0.244 e. The zero-order chi connectivity index (χ0) is 17.7. The molecular formula is C19H24ClN3O. The van der Waals surface area contributed by atoms with Gasteiger partial charge in [-0.2, -0.15) is 0 Å². The zero-order valence-corrected chi connectivity index (χ0v) is 15.0. The lowest BCUT2D eigenvalue weighted by Gasteiger charge is -2.29. The Kier molecular flexibility index (Phi) is 5.99. The summed E-state index contributed by atoms with van der Waals surface area (Å²) in [5.74, 6) is -0.215. The molecule has 3 N–H and O–H groups in total. The van der Waals surface area contributed by atoms with E-state index in [0.29, 0.717) is 11.6 Å². The van der Waals surface area contributed by atoms with E-state index in [1.807, 2.05) is 73.6 Å². The third-order valence-electron chi connectivity index (χ3n) is 4.19. The molecule has 5 heteroatoms. The zero-order valence-electron chi connectivity index (χ0n) is 14.3. The Balaban J connectivity index is 2.12. The predicted molar refractivity (Wildman–Crippen MR) is 98.9 cm³/mol. The molecule has 0 aliphatic rings. The Morgan fingerprint density at radius 2 is 1.75 bits per heavy atom. The summed E-state index contributed by atoms with van der Waals surface area (Å²) in [5.41, 5.74) is 6.93. The highest BCUT2D eigenvalue weighted by molar-refractivity contribution is 6.31. The van der Waals surface area contributed by atoms with Gasteiger partial charge >= 0.3 is 0 Å². The summed E-state index contributed by atoms with van der Waals surface area (Å²) in [6.07, 6.45) is 0. The molecule has 2 aromatic rings. The lowest BCUT2D eigenvalue weighted by Crippen LogP contribution is -2.50. The number of amides is 1. The first-order chi connectivity index (χ1) is 11.3. The number of hydrogen-bond acceptors (Lipinski definition) is 3. The molecular weight excluding hydrogens is 322 g/mol. The molecule has 0 radical (unpaired) electrons. The van der Waals surface area contributed by atoms with Crippen molar-refractivity contribution < 1.29 is 4.79 Å². The van der Waals surface area contributed by atoms with Crippen molar-refractivity contribution in [3.63, 3.8) is 0 Å². The normalized spacial score (nSPS) is 14.9. The van der Waals surface area contributed by atoms with Crippen LogP contribution in [0.15, 0.2) is 54.6 Å². The molecule has 128 valence electrons. The lowest BCUT2D eigenvalue weighted by atomic mass is 9.92. The summed E-state index contributed by atoms with van der Waals surface area (Å²) in [6.45, 7) is 2.15. The molecule has 2 atom stereocenters. The molecule has 24 heavy (non-hydrogen) atoms. The van der Waals surface area contributed by atoms with Gasteiger partial charge in [0.2, 0.25) is 5.91 Å². The highest BCUT2D eigenvalue weighted by atomic mass is 35.5. The Bertz CT molecular complexity index is 686. The molecule has 0 fully saturated rings. The predicted octanol–water partition coefficient (Wildman–Crippen LogP) is 2.93. The molecule has 0 aliphatic heterocycles. The summed E-state index contributed by atoms with van der Waals surface area (Å²) >= 11 is 6.30. The van der Waals surface area contributed by atoms with Gasteiger partial charge in [0.05, 0.1) is 6.04 Å². The molecule has 0 saturated carbocycles. The molecule has 2 unspecified atom stereocenters. The van der Waals surface area contributed by atoms with Crippen molar-refractivity contribution in [2.45, 2.75) is 18.5 Å². The fourth-order valence-electron chi connectivity index (χ4n) is 2.60. The van der Waals surface area contributed by atoms with Gasteiger partial charge in [0, 0.05) is 11.6 Å². The van der Waals surface area contributed by atoms with E-state index >= 15 is 0 Å². The van der Waals surface area contributed by atoms with E-state index in [4.69, 9.17) is 17.3 Å². The van der Waals surface area contributed by atoms with E-state index in [1.165, 1.54) is 0 Å². The second kappa shape index (κ2) is 7.79. The van der Waals surface area contributed by atoms with Crippen LogP contribution in [0.2, 0.25) is 5.02 Å². The van der Waals surface area contributed by atoms with Crippen molar-refractivity contribution in [2.75, 3.05) is 20.6 Å². The van der Waals surface area contributed by atoms with Crippen LogP contribution in [-0.2, 0) is 10.3 Å². The number of likely N-dealkylation sites (N-methyl/N-ethyl adjacent to an activating group) is 1. The van der Waals surface area contributed by atoms with Crippen LogP contribution in [0, 0.1) is 0 Å². The van der Waals surface area contributed by atoms with Crippen molar-refractivity contribution in [2.24, 2.45) is 5.73 Å². The maximum absolute atomic E-state index is 12.6. The fraction of sp³-hybridized carbons (Fsp3) is 0.316. The number of carbonyl (C=O) groups is 1. The van der Waals surface area contributed by atoms with Gasteiger partial charge < -0.3 is 16.0 Å². The SMILES string of the molecule is CN(C)C(CNC(=O)C(C)(N)c1ccccc1)c1ccccc1Cl. The van der Waals surface area contributed by atoms with Crippen LogP contribution >= 0.6 is 11.6 Å². The highest BCUT2D eigenvalue weighted by Gasteiger charge is 2.31. The first-order valence-corrected chi connectivity index (χ1v) is 8.25. The van der Waals surface area contributed by atoms with Crippen molar-refractivity contribution in [3.05, 3.63) is 70.7 Å². The van der Waals surface area contributed by atoms with Crippen molar-refractivity contribution in [1.82, 2.24) is 10.2 Å². The maximum atomic E-state index is 12.6. The summed E-state index contributed by atoms with van der Waals surface area (Å²) in [7, 11) is 3.91. The number of carbonyl (C=O) groups excluding carboxylic acids is 1. The molecule has 0 aliphatic carbocycles. The molecule has 0 bridgehead atoms. The van der Waals surface area contributed by atoms with Crippen LogP contribution < -0.4 is 11.1 Å². The van der Waals surface area contributed by atoms with E-state index in [9.17, 15) is 4.79 Å². The number of nitrogens with two attached hydrogens (primary N) is 1. The third kappa shape index (κ3) is 4.15. The Labute approximate surface area is 148 Å². The van der Waals surface area contributed by atoms with Gasteiger partial charge in [0.15, 0.2) is 0 Å². The largest absolute Gasteiger partial charge is 0.352 e. The topological polar surface area (TPSA) is 58.4 Å². The Hall–Kier alpha value is -1.88. The van der Waals surface area contributed by atoms with Gasteiger partial charge in [-0.05, 0) is 38.2 Å². The molecule has 4 nitrogen and oxygen atoms in total. The number of nitrogens with zero attached hydrogens (tertiary/aromatic N) is 1. The summed E-state index contributed by atoms with van der Waals surface area (Å²) in [4.78, 5) is 14.6. The third-order valence-corrected chi connectivity index (χ3v) is 4.53. The van der Waals surface area contributed by atoms with E-state index in [0.717, 1.165) is 11.1 Å². The van der Waals surface area contributed by atoms with Crippen LogP contribution in [0.3, 0.4) is 0 Å². The summed E-state index contributed by atoms with van der Waals surface area (Å²) in [6, 6.07) is 17.0. The number of nitrogens with one attached hydrogen (secondary N) is 1. The fourth-order valence-corrected chi connectivity index (χ4v) is 2.87. The van der Waals surface area contributed by atoms with E-state index in [-0.39, 0.29) is 11.9 Å². The molecule has 2 aromatic carbocycles. The Morgan fingerprint density at radius 1 is 1.17 bits per heavy atom. The summed E-state index contributed by atoms with van der Waals surface area (Å²) < 4.78 is 0. The van der Waals surface area contributed by atoms with E-state index in [2.05, 4.69) is 5.32 Å². The van der Waals surface area contributed by atoms with Crippen LogP contribution in [-0.4, -0.2) is 31.4 Å². The molecule has 0 aromatic heterocycles. The minimum Gasteiger partial charge on any atom is -0.352 e. The van der Waals surface area contributed by atoms with Crippen molar-refractivity contribution in [1.29, 1.82) is 0 Å². The molecule has 2 rings (SSSR count). The monoisotopic (exact) mass is 345 g/mol. The second-order valence-corrected chi connectivity index (χ2v) is 6.69. The van der Waals surface area contributed by atoms with Gasteiger partial charge in [0.25, 0.3) is 0 Å². The number of halogens is 1. The average molecular weight is 346 g/mol. The number of benzene rings is 2. The van der Waals surface area contributed by atoms with Gasteiger partial charge in [-0.25, -0.2) is 0 Å². The van der Waals surface area contributed by atoms with Gasteiger partial charge in [-0.1, -0.05) is 60.1 Å². The van der Waals surface area contributed by atoms with Gasteiger partial charge in [-0.15, -0.1) is 0 Å². The molecule has 0 spiro atoms. The number of hydrogen-bond donors (Lipinski definition) is 2. The van der Waals surface area contributed by atoms with E-state index < -0.39 is 5.54 Å².